The molecular formula is C13H17ClN2O5S. The maximum absolute atomic E-state index is 12.3. The molecule has 1 amide bonds. The maximum atomic E-state index is 12.3. The molecule has 0 saturated carbocycles. The third kappa shape index (κ3) is 4.17. The van der Waals surface area contributed by atoms with Crippen molar-refractivity contribution in [1.82, 2.24) is 9.62 Å². The van der Waals surface area contributed by atoms with Crippen molar-refractivity contribution in [3.63, 3.8) is 0 Å². The number of carbonyl (C=O) groups is 1. The van der Waals surface area contributed by atoms with E-state index in [-0.39, 0.29) is 4.90 Å². The van der Waals surface area contributed by atoms with Gasteiger partial charge in [0.05, 0.1) is 24.7 Å². The molecule has 9 heteroatoms. The summed E-state index contributed by atoms with van der Waals surface area (Å²) in [5, 5.41) is 9.76. The van der Waals surface area contributed by atoms with Gasteiger partial charge >= 0.3 is 0 Å². The molecular weight excluding hydrogens is 332 g/mol. The van der Waals surface area contributed by atoms with Crippen molar-refractivity contribution in [3.05, 3.63) is 29.3 Å². The van der Waals surface area contributed by atoms with Crippen LogP contribution in [0.3, 0.4) is 0 Å². The zero-order valence-corrected chi connectivity index (χ0v) is 13.3. The second kappa shape index (κ2) is 7.38. The van der Waals surface area contributed by atoms with Gasteiger partial charge in [-0.05, 0) is 24.3 Å². The van der Waals surface area contributed by atoms with Crippen LogP contribution in [0, 0.1) is 0 Å². The molecule has 0 spiro atoms. The molecule has 2 rings (SSSR count). The van der Waals surface area contributed by atoms with Crippen LogP contribution in [0.15, 0.2) is 29.2 Å². The number of benzene rings is 1. The Balaban J connectivity index is 2.11. The van der Waals surface area contributed by atoms with Crippen LogP contribution in [0.25, 0.3) is 0 Å². The Morgan fingerprint density at radius 1 is 1.32 bits per heavy atom. The monoisotopic (exact) mass is 348 g/mol. The smallest absolute Gasteiger partial charge is 0.243 e. The highest BCUT2D eigenvalue weighted by Gasteiger charge is 2.29. The van der Waals surface area contributed by atoms with Crippen LogP contribution >= 0.6 is 11.6 Å². The molecule has 0 aromatic heterocycles. The Labute approximate surface area is 133 Å². The van der Waals surface area contributed by atoms with Gasteiger partial charge in [0.1, 0.15) is 6.04 Å². The molecule has 22 heavy (non-hydrogen) atoms. The average Bonchev–Trinajstić information content (AvgIpc) is 2.53. The van der Waals surface area contributed by atoms with Gasteiger partial charge in [0.15, 0.2) is 0 Å². The first-order valence-electron chi connectivity index (χ1n) is 6.69. The van der Waals surface area contributed by atoms with Crippen LogP contribution in [0.1, 0.15) is 0 Å². The Morgan fingerprint density at radius 3 is 2.45 bits per heavy atom. The molecule has 1 saturated heterocycles. The number of rotatable bonds is 5. The number of nitrogens with zero attached hydrogens (tertiary/aromatic N) is 1. The fraction of sp³-hybridized carbons (Fsp3) is 0.462. The van der Waals surface area contributed by atoms with E-state index in [0.717, 1.165) is 0 Å². The van der Waals surface area contributed by atoms with E-state index in [4.69, 9.17) is 16.3 Å². The standard InChI is InChI=1S/C13H17ClN2O5S/c14-10-1-3-11(4-2-10)22(19,20)15-12(9-17)13(18)16-5-7-21-8-6-16/h1-4,12,15,17H,5-9H2/t12-/m0/s1. The van der Waals surface area contributed by atoms with Gasteiger partial charge in [-0.1, -0.05) is 11.6 Å². The molecule has 0 radical (unpaired) electrons. The van der Waals surface area contributed by atoms with Gasteiger partial charge in [0.2, 0.25) is 15.9 Å². The van der Waals surface area contributed by atoms with E-state index in [1.54, 1.807) is 0 Å². The first-order chi connectivity index (χ1) is 10.4. The number of aliphatic hydroxyl groups is 1. The molecule has 1 aliphatic heterocycles. The molecule has 0 aliphatic carbocycles. The number of halogens is 1. The van der Waals surface area contributed by atoms with Crippen LogP contribution in [0.2, 0.25) is 5.02 Å². The van der Waals surface area contributed by atoms with Gasteiger partial charge in [-0.2, -0.15) is 4.72 Å². The van der Waals surface area contributed by atoms with Crippen LogP contribution in [0.5, 0.6) is 0 Å². The summed E-state index contributed by atoms with van der Waals surface area (Å²) in [5.74, 6) is -0.469. The van der Waals surface area contributed by atoms with Crippen molar-refractivity contribution >= 4 is 27.5 Å². The first-order valence-corrected chi connectivity index (χ1v) is 8.55. The van der Waals surface area contributed by atoms with E-state index in [2.05, 4.69) is 4.72 Å². The molecule has 1 aromatic rings. The third-order valence-electron chi connectivity index (χ3n) is 3.22. The highest BCUT2D eigenvalue weighted by molar-refractivity contribution is 7.89. The molecule has 0 bridgehead atoms. The lowest BCUT2D eigenvalue weighted by atomic mass is 10.2. The summed E-state index contributed by atoms with van der Waals surface area (Å²) in [6.45, 7) is 0.917. The molecule has 1 aliphatic rings. The topological polar surface area (TPSA) is 95.9 Å². The predicted octanol–water partition coefficient (Wildman–Crippen LogP) is -0.162. The number of morpholine rings is 1. The lowest BCUT2D eigenvalue weighted by molar-refractivity contribution is -0.137. The normalized spacial score (nSPS) is 17.3. The number of amides is 1. The molecule has 1 aromatic carbocycles. The molecule has 1 heterocycles. The fourth-order valence-corrected chi connectivity index (χ4v) is 3.35. The van der Waals surface area contributed by atoms with E-state index >= 15 is 0 Å². The summed E-state index contributed by atoms with van der Waals surface area (Å²) in [5.41, 5.74) is 0. The molecule has 7 nitrogen and oxygen atoms in total. The Hall–Kier alpha value is -1.19. The molecule has 1 atom stereocenters. The summed E-state index contributed by atoms with van der Waals surface area (Å²) in [4.78, 5) is 13.7. The summed E-state index contributed by atoms with van der Waals surface area (Å²) in [7, 11) is -3.92. The summed E-state index contributed by atoms with van der Waals surface area (Å²) in [6.07, 6.45) is 0. The highest BCUT2D eigenvalue weighted by Crippen LogP contribution is 2.14. The van der Waals surface area contributed by atoms with Crippen LogP contribution in [-0.2, 0) is 19.6 Å². The van der Waals surface area contributed by atoms with Crippen molar-refractivity contribution in [2.24, 2.45) is 0 Å². The van der Waals surface area contributed by atoms with Crippen molar-refractivity contribution in [1.29, 1.82) is 0 Å². The van der Waals surface area contributed by atoms with Crippen LogP contribution in [-0.4, -0.2) is 63.3 Å². The SMILES string of the molecule is O=C([C@H](CO)NS(=O)(=O)c1ccc(Cl)cc1)N1CCOCC1. The number of nitrogens with one attached hydrogen (secondary N) is 1. The first kappa shape index (κ1) is 17.2. The van der Waals surface area contributed by atoms with Gasteiger partial charge in [-0.25, -0.2) is 8.42 Å². The number of carbonyl (C=O) groups excluding carboxylic acids is 1. The lowest BCUT2D eigenvalue weighted by Gasteiger charge is -2.30. The van der Waals surface area contributed by atoms with Crippen LogP contribution < -0.4 is 4.72 Å². The number of hydrogen-bond donors (Lipinski definition) is 2. The Bertz CT molecular complexity index is 614. The summed E-state index contributed by atoms with van der Waals surface area (Å²) in [6, 6.07) is 4.32. The van der Waals surface area contributed by atoms with E-state index in [0.29, 0.717) is 31.3 Å². The van der Waals surface area contributed by atoms with Gasteiger partial charge in [0.25, 0.3) is 0 Å². The fourth-order valence-electron chi connectivity index (χ4n) is 2.04. The number of aliphatic hydroxyl groups excluding tert-OH is 1. The van der Waals surface area contributed by atoms with Gasteiger partial charge in [-0.15, -0.1) is 0 Å². The number of ether oxygens (including phenoxy) is 1. The minimum absolute atomic E-state index is 0.0230. The van der Waals surface area contributed by atoms with Crippen molar-refractivity contribution in [3.8, 4) is 0 Å². The Morgan fingerprint density at radius 2 is 1.91 bits per heavy atom. The van der Waals surface area contributed by atoms with Gasteiger partial charge in [0, 0.05) is 18.1 Å². The van der Waals surface area contributed by atoms with Crippen molar-refractivity contribution < 1.29 is 23.1 Å². The Kier molecular flexibility index (Phi) is 5.76. The minimum atomic E-state index is -3.92. The zero-order valence-electron chi connectivity index (χ0n) is 11.7. The number of sulfonamides is 1. The van der Waals surface area contributed by atoms with E-state index in [1.165, 1.54) is 29.2 Å². The largest absolute Gasteiger partial charge is 0.394 e. The molecule has 0 unspecified atom stereocenters. The zero-order chi connectivity index (χ0) is 16.2. The second-order valence-corrected chi connectivity index (χ2v) is 6.90. The minimum Gasteiger partial charge on any atom is -0.394 e. The van der Waals surface area contributed by atoms with Gasteiger partial charge in [-0.3, -0.25) is 4.79 Å². The van der Waals surface area contributed by atoms with Gasteiger partial charge < -0.3 is 14.7 Å². The highest BCUT2D eigenvalue weighted by atomic mass is 35.5. The summed E-state index contributed by atoms with van der Waals surface area (Å²) < 4.78 is 31.8. The predicted molar refractivity (Wildman–Crippen MR) is 80.0 cm³/mol. The molecule has 2 N–H and O–H groups in total. The van der Waals surface area contributed by atoms with Crippen molar-refractivity contribution in [2.45, 2.75) is 10.9 Å². The van der Waals surface area contributed by atoms with E-state index in [1.807, 2.05) is 0 Å². The maximum Gasteiger partial charge on any atom is 0.243 e. The molecule has 1 fully saturated rings. The second-order valence-electron chi connectivity index (χ2n) is 4.75. The van der Waals surface area contributed by atoms with Crippen LogP contribution in [0.4, 0.5) is 0 Å². The summed E-state index contributed by atoms with van der Waals surface area (Å²) >= 11 is 5.72. The average molecular weight is 349 g/mol. The van der Waals surface area contributed by atoms with E-state index in [9.17, 15) is 18.3 Å². The molecule has 122 valence electrons. The van der Waals surface area contributed by atoms with E-state index < -0.39 is 28.6 Å². The third-order valence-corrected chi connectivity index (χ3v) is 4.96. The number of hydrogen-bond acceptors (Lipinski definition) is 5. The quantitative estimate of drug-likeness (QED) is 0.770. The van der Waals surface area contributed by atoms with Crippen molar-refractivity contribution in [2.75, 3.05) is 32.9 Å². The lowest BCUT2D eigenvalue weighted by Crippen LogP contribution is -2.53.